The minimum absolute atomic E-state index is 0.191. The molecule has 0 saturated heterocycles. The third kappa shape index (κ3) is 4.30. The number of aryl methyl sites for hydroxylation is 2. The molecule has 0 aliphatic rings. The Hall–Kier alpha value is -2.55. The zero-order valence-electron chi connectivity index (χ0n) is 15.1. The van der Waals surface area contributed by atoms with Crippen molar-refractivity contribution in [2.45, 2.75) is 25.7 Å². The summed E-state index contributed by atoms with van der Waals surface area (Å²) in [6.07, 6.45) is 5.76. The van der Waals surface area contributed by atoms with Crippen LogP contribution in [0.4, 0.5) is 0 Å². The topological polar surface area (TPSA) is 25.2 Å². The Morgan fingerprint density at radius 3 is 2.52 bits per heavy atom. The molecule has 130 valence electrons. The highest BCUT2D eigenvalue weighted by molar-refractivity contribution is 5.89. The molecule has 0 N–H and O–H groups in total. The van der Waals surface area contributed by atoms with Gasteiger partial charge in [0.2, 0.25) is 5.91 Å². The first-order valence-corrected chi connectivity index (χ1v) is 8.96. The van der Waals surface area contributed by atoms with Crippen LogP contribution in [0.25, 0.3) is 10.9 Å². The van der Waals surface area contributed by atoms with Gasteiger partial charge in [-0.2, -0.15) is 0 Å². The van der Waals surface area contributed by atoms with E-state index in [1.807, 2.05) is 37.2 Å². The molecule has 3 nitrogen and oxygen atoms in total. The van der Waals surface area contributed by atoms with E-state index in [1.54, 1.807) is 0 Å². The highest BCUT2D eigenvalue weighted by Gasteiger charge is 2.13. The van der Waals surface area contributed by atoms with Crippen molar-refractivity contribution in [3.05, 3.63) is 71.9 Å². The van der Waals surface area contributed by atoms with E-state index in [4.69, 9.17) is 0 Å². The first-order chi connectivity index (χ1) is 12.1. The van der Waals surface area contributed by atoms with Gasteiger partial charge in [0.25, 0.3) is 0 Å². The maximum absolute atomic E-state index is 12.5. The third-order valence-corrected chi connectivity index (χ3v) is 4.80. The predicted molar refractivity (Wildman–Crippen MR) is 104 cm³/mol. The fraction of sp³-hybridized carbons (Fsp3) is 0.318. The number of benzene rings is 2. The third-order valence-electron chi connectivity index (χ3n) is 4.80. The van der Waals surface area contributed by atoms with Crippen molar-refractivity contribution in [1.29, 1.82) is 0 Å². The molecular formula is C22H26N2O. The molecule has 0 aliphatic carbocycles. The zero-order chi connectivity index (χ0) is 17.6. The number of likely N-dealkylation sites (N-methyl/N-ethyl adjacent to an activating group) is 1. The van der Waals surface area contributed by atoms with Gasteiger partial charge in [0.1, 0.15) is 0 Å². The molecule has 0 atom stereocenters. The second kappa shape index (κ2) is 8.02. The molecule has 2 aromatic carbocycles. The van der Waals surface area contributed by atoms with E-state index < -0.39 is 0 Å². The normalized spacial score (nSPS) is 11.0. The molecule has 0 aliphatic heterocycles. The van der Waals surface area contributed by atoms with Gasteiger partial charge in [0.15, 0.2) is 0 Å². The Labute approximate surface area is 149 Å². The number of carbonyl (C=O) groups excluding carboxylic acids is 1. The Kier molecular flexibility index (Phi) is 5.54. The SMILES string of the molecule is CN(CCCCc1ccccc1)C(=O)Cc1cn(C)c2ccccc12. The first kappa shape index (κ1) is 17.3. The van der Waals surface area contributed by atoms with Crippen molar-refractivity contribution < 1.29 is 4.79 Å². The molecule has 3 aromatic rings. The van der Waals surface area contributed by atoms with Gasteiger partial charge >= 0.3 is 0 Å². The lowest BCUT2D eigenvalue weighted by molar-refractivity contribution is -0.129. The Balaban J connectivity index is 1.50. The molecule has 0 fully saturated rings. The monoisotopic (exact) mass is 334 g/mol. The minimum Gasteiger partial charge on any atom is -0.350 e. The number of amides is 1. The lowest BCUT2D eigenvalue weighted by Crippen LogP contribution is -2.29. The minimum atomic E-state index is 0.191. The maximum Gasteiger partial charge on any atom is 0.226 e. The molecule has 0 radical (unpaired) electrons. The van der Waals surface area contributed by atoms with Crippen LogP contribution in [0.5, 0.6) is 0 Å². The summed E-state index contributed by atoms with van der Waals surface area (Å²) in [7, 11) is 3.94. The molecule has 3 heteroatoms. The smallest absolute Gasteiger partial charge is 0.226 e. The fourth-order valence-electron chi connectivity index (χ4n) is 3.31. The summed E-state index contributed by atoms with van der Waals surface area (Å²) in [5.74, 6) is 0.191. The highest BCUT2D eigenvalue weighted by atomic mass is 16.2. The van der Waals surface area contributed by atoms with Crippen molar-refractivity contribution in [2.75, 3.05) is 13.6 Å². The van der Waals surface area contributed by atoms with Crippen LogP contribution in [0.2, 0.25) is 0 Å². The fourth-order valence-corrected chi connectivity index (χ4v) is 3.31. The second-order valence-corrected chi connectivity index (χ2v) is 6.72. The summed E-state index contributed by atoms with van der Waals surface area (Å²) < 4.78 is 2.10. The van der Waals surface area contributed by atoms with Crippen molar-refractivity contribution in [3.8, 4) is 0 Å². The van der Waals surface area contributed by atoms with E-state index in [0.717, 1.165) is 31.4 Å². The number of aromatic nitrogens is 1. The largest absolute Gasteiger partial charge is 0.350 e. The highest BCUT2D eigenvalue weighted by Crippen LogP contribution is 2.21. The van der Waals surface area contributed by atoms with E-state index in [0.29, 0.717) is 6.42 Å². The molecular weight excluding hydrogens is 308 g/mol. The van der Waals surface area contributed by atoms with Gasteiger partial charge in [-0.1, -0.05) is 48.5 Å². The number of carbonyl (C=O) groups is 1. The van der Waals surface area contributed by atoms with Crippen molar-refractivity contribution in [1.82, 2.24) is 9.47 Å². The average Bonchev–Trinajstić information content (AvgIpc) is 2.95. The van der Waals surface area contributed by atoms with Crippen molar-refractivity contribution in [3.63, 3.8) is 0 Å². The van der Waals surface area contributed by atoms with Crippen molar-refractivity contribution >= 4 is 16.8 Å². The quantitative estimate of drug-likeness (QED) is 0.594. The summed E-state index contributed by atoms with van der Waals surface area (Å²) >= 11 is 0. The Morgan fingerprint density at radius 1 is 1.00 bits per heavy atom. The molecule has 0 bridgehead atoms. The number of fused-ring (bicyclic) bond motifs is 1. The summed E-state index contributed by atoms with van der Waals surface area (Å²) in [5.41, 5.74) is 3.65. The number of rotatable bonds is 7. The van der Waals surface area contributed by atoms with Crippen LogP contribution in [0.1, 0.15) is 24.0 Å². The number of hydrogen-bond donors (Lipinski definition) is 0. The number of hydrogen-bond acceptors (Lipinski definition) is 1. The lowest BCUT2D eigenvalue weighted by Gasteiger charge is -2.17. The van der Waals surface area contributed by atoms with E-state index >= 15 is 0 Å². The van der Waals surface area contributed by atoms with Crippen molar-refractivity contribution in [2.24, 2.45) is 7.05 Å². The van der Waals surface area contributed by atoms with E-state index in [2.05, 4.69) is 47.2 Å². The van der Waals surface area contributed by atoms with Crippen LogP contribution < -0.4 is 0 Å². The average molecular weight is 334 g/mol. The number of nitrogens with zero attached hydrogens (tertiary/aromatic N) is 2. The molecule has 0 unspecified atom stereocenters. The molecule has 3 rings (SSSR count). The van der Waals surface area contributed by atoms with E-state index in [-0.39, 0.29) is 5.91 Å². The van der Waals surface area contributed by atoms with Crippen LogP contribution in [0.15, 0.2) is 60.8 Å². The summed E-state index contributed by atoms with van der Waals surface area (Å²) in [6.45, 7) is 0.816. The van der Waals surface area contributed by atoms with Crippen LogP contribution >= 0.6 is 0 Å². The van der Waals surface area contributed by atoms with Gasteiger partial charge in [0.05, 0.1) is 6.42 Å². The van der Waals surface area contributed by atoms with Gasteiger partial charge in [-0.25, -0.2) is 0 Å². The van der Waals surface area contributed by atoms with Crippen LogP contribution in [0.3, 0.4) is 0 Å². The maximum atomic E-state index is 12.5. The number of para-hydroxylation sites is 1. The van der Waals surface area contributed by atoms with Crippen LogP contribution in [-0.4, -0.2) is 29.0 Å². The Morgan fingerprint density at radius 2 is 1.72 bits per heavy atom. The standard InChI is InChI=1S/C22H26N2O/c1-23(15-9-8-12-18-10-4-3-5-11-18)22(25)16-19-17-24(2)21-14-7-6-13-20(19)21/h3-7,10-11,13-14,17H,8-9,12,15-16H2,1-2H3. The van der Waals surface area contributed by atoms with Gasteiger partial charge < -0.3 is 9.47 Å². The lowest BCUT2D eigenvalue weighted by atomic mass is 10.1. The zero-order valence-corrected chi connectivity index (χ0v) is 15.1. The molecule has 25 heavy (non-hydrogen) atoms. The second-order valence-electron chi connectivity index (χ2n) is 6.72. The van der Waals surface area contributed by atoms with E-state index in [1.165, 1.54) is 16.5 Å². The first-order valence-electron chi connectivity index (χ1n) is 8.96. The molecule has 1 heterocycles. The van der Waals surface area contributed by atoms with Gasteiger partial charge in [-0.3, -0.25) is 4.79 Å². The van der Waals surface area contributed by atoms with Crippen LogP contribution in [-0.2, 0) is 24.7 Å². The molecule has 0 saturated carbocycles. The summed E-state index contributed by atoms with van der Waals surface area (Å²) in [4.78, 5) is 14.4. The molecule has 0 spiro atoms. The Bertz CT molecular complexity index is 836. The number of unbranched alkanes of at least 4 members (excludes halogenated alkanes) is 1. The van der Waals surface area contributed by atoms with Gasteiger partial charge in [0, 0.05) is 37.7 Å². The van der Waals surface area contributed by atoms with Crippen LogP contribution in [0, 0.1) is 0 Å². The molecule has 1 amide bonds. The van der Waals surface area contributed by atoms with Gasteiger partial charge in [-0.15, -0.1) is 0 Å². The summed E-state index contributed by atoms with van der Waals surface area (Å²) in [6, 6.07) is 18.8. The van der Waals surface area contributed by atoms with Gasteiger partial charge in [-0.05, 0) is 36.5 Å². The summed E-state index contributed by atoms with van der Waals surface area (Å²) in [5, 5.41) is 1.18. The molecule has 1 aromatic heterocycles. The van der Waals surface area contributed by atoms with E-state index in [9.17, 15) is 4.79 Å². The predicted octanol–water partition coefficient (Wildman–Crippen LogP) is 4.20.